The molecular formula is C16H23N3O2S. The van der Waals surface area contributed by atoms with Crippen LogP contribution in [-0.2, 0) is 9.59 Å². The maximum atomic E-state index is 12.0. The monoisotopic (exact) mass is 321 g/mol. The number of nitrogens with zero attached hydrogens (tertiary/aromatic N) is 1. The van der Waals surface area contributed by atoms with Crippen molar-refractivity contribution in [3.05, 3.63) is 18.3 Å². The maximum Gasteiger partial charge on any atom is 0.238 e. The Morgan fingerprint density at radius 1 is 1.45 bits per heavy atom. The summed E-state index contributed by atoms with van der Waals surface area (Å²) >= 11 is 1.35. The first-order chi connectivity index (χ1) is 10.3. The van der Waals surface area contributed by atoms with E-state index >= 15 is 0 Å². The van der Waals surface area contributed by atoms with E-state index in [1.54, 1.807) is 12.3 Å². The molecule has 2 N–H and O–H groups in total. The molecule has 1 aromatic rings. The normalized spacial score (nSPS) is 17.6. The van der Waals surface area contributed by atoms with Gasteiger partial charge in [0.2, 0.25) is 11.8 Å². The van der Waals surface area contributed by atoms with Gasteiger partial charge in [-0.25, -0.2) is 4.98 Å². The average Bonchev–Trinajstić information content (AvgIpc) is 2.43. The van der Waals surface area contributed by atoms with E-state index in [1.165, 1.54) is 11.8 Å². The van der Waals surface area contributed by atoms with Crippen molar-refractivity contribution in [3.8, 4) is 0 Å². The standard InChI is InChI=1S/C16H23N3O2S/c1-16(2,3)7-5-9-17-13(20)10-12-14(21)19-11-6-4-8-18-15(11)22-12/h4,6,8,12H,5,7,9-10H2,1-3H3,(H,17,20)(H,19,21). The summed E-state index contributed by atoms with van der Waals surface area (Å²) in [5.74, 6) is -0.212. The highest BCUT2D eigenvalue weighted by Crippen LogP contribution is 2.34. The first-order valence-corrected chi connectivity index (χ1v) is 8.42. The number of thioether (sulfide) groups is 1. The molecule has 0 bridgehead atoms. The number of carbonyl (C=O) groups excluding carboxylic acids is 2. The third-order valence-corrected chi connectivity index (χ3v) is 4.59. The summed E-state index contributed by atoms with van der Waals surface area (Å²) in [5.41, 5.74) is 0.999. The van der Waals surface area contributed by atoms with E-state index in [2.05, 4.69) is 36.4 Å². The van der Waals surface area contributed by atoms with Crippen LogP contribution < -0.4 is 10.6 Å². The predicted octanol–water partition coefficient (Wildman–Crippen LogP) is 2.83. The van der Waals surface area contributed by atoms with Gasteiger partial charge >= 0.3 is 0 Å². The fourth-order valence-corrected chi connectivity index (χ4v) is 3.24. The molecule has 2 rings (SSSR count). The lowest BCUT2D eigenvalue weighted by Gasteiger charge is -2.22. The molecule has 0 radical (unpaired) electrons. The predicted molar refractivity (Wildman–Crippen MR) is 88.8 cm³/mol. The Hall–Kier alpha value is -1.56. The van der Waals surface area contributed by atoms with Crippen molar-refractivity contribution in [3.63, 3.8) is 0 Å². The molecule has 0 aromatic carbocycles. The van der Waals surface area contributed by atoms with Crippen molar-refractivity contribution in [2.45, 2.75) is 50.3 Å². The number of carbonyl (C=O) groups is 2. The lowest BCUT2D eigenvalue weighted by molar-refractivity contribution is -0.124. The molecule has 5 nitrogen and oxygen atoms in total. The lowest BCUT2D eigenvalue weighted by atomic mass is 9.91. The highest BCUT2D eigenvalue weighted by atomic mass is 32.2. The van der Waals surface area contributed by atoms with Gasteiger partial charge in [-0.3, -0.25) is 9.59 Å². The smallest absolute Gasteiger partial charge is 0.238 e. The van der Waals surface area contributed by atoms with Gasteiger partial charge in [-0.2, -0.15) is 0 Å². The van der Waals surface area contributed by atoms with Gasteiger partial charge in [0.15, 0.2) is 0 Å². The number of hydrogen-bond acceptors (Lipinski definition) is 4. The van der Waals surface area contributed by atoms with Gasteiger partial charge in [0, 0.05) is 19.2 Å². The van der Waals surface area contributed by atoms with Crippen LogP contribution in [0.2, 0.25) is 0 Å². The molecular weight excluding hydrogens is 298 g/mol. The minimum atomic E-state index is -0.412. The van der Waals surface area contributed by atoms with Crippen LogP contribution in [0.3, 0.4) is 0 Å². The number of anilines is 1. The molecule has 1 unspecified atom stereocenters. The van der Waals surface area contributed by atoms with Gasteiger partial charge in [0.1, 0.15) is 5.03 Å². The first kappa shape index (κ1) is 16.8. The van der Waals surface area contributed by atoms with Gasteiger partial charge in [-0.05, 0) is 30.4 Å². The molecule has 1 aliphatic rings. The minimum absolute atomic E-state index is 0.0825. The molecule has 0 aliphatic carbocycles. The number of pyridine rings is 1. The Morgan fingerprint density at radius 2 is 2.23 bits per heavy atom. The highest BCUT2D eigenvalue weighted by Gasteiger charge is 2.29. The summed E-state index contributed by atoms with van der Waals surface area (Å²) in [6, 6.07) is 3.60. The molecule has 6 heteroatoms. The second kappa shape index (κ2) is 7.13. The number of amides is 2. The van der Waals surface area contributed by atoms with Gasteiger partial charge in [0.05, 0.1) is 10.9 Å². The zero-order valence-electron chi connectivity index (χ0n) is 13.3. The SMILES string of the molecule is CC(C)(C)CCCNC(=O)CC1Sc2ncccc2NC1=O. The molecule has 1 atom stereocenters. The van der Waals surface area contributed by atoms with E-state index in [1.807, 2.05) is 6.07 Å². The van der Waals surface area contributed by atoms with Crippen LogP contribution in [0.15, 0.2) is 23.4 Å². The molecule has 2 heterocycles. The van der Waals surface area contributed by atoms with Crippen LogP contribution >= 0.6 is 11.8 Å². The number of rotatable bonds is 5. The Bertz CT molecular complexity index is 555. The molecule has 0 fully saturated rings. The summed E-state index contributed by atoms with van der Waals surface area (Å²) in [6.07, 6.45) is 3.88. The zero-order chi connectivity index (χ0) is 16.2. The summed E-state index contributed by atoms with van der Waals surface area (Å²) in [6.45, 7) is 7.21. The summed E-state index contributed by atoms with van der Waals surface area (Å²) < 4.78 is 0. The molecule has 0 saturated heterocycles. The molecule has 2 amide bonds. The van der Waals surface area contributed by atoms with E-state index < -0.39 is 5.25 Å². The van der Waals surface area contributed by atoms with E-state index in [4.69, 9.17) is 0 Å². The Kier molecular flexibility index (Phi) is 5.45. The van der Waals surface area contributed by atoms with Crippen LogP contribution in [-0.4, -0.2) is 28.6 Å². The van der Waals surface area contributed by atoms with Crippen molar-refractivity contribution >= 4 is 29.3 Å². The quantitative estimate of drug-likeness (QED) is 0.818. The van der Waals surface area contributed by atoms with Crippen molar-refractivity contribution < 1.29 is 9.59 Å². The van der Waals surface area contributed by atoms with Crippen molar-refractivity contribution in [1.29, 1.82) is 0 Å². The van der Waals surface area contributed by atoms with Crippen molar-refractivity contribution in [1.82, 2.24) is 10.3 Å². The third-order valence-electron chi connectivity index (χ3n) is 3.37. The van der Waals surface area contributed by atoms with Crippen LogP contribution in [0.5, 0.6) is 0 Å². The summed E-state index contributed by atoms with van der Waals surface area (Å²) in [5, 5.41) is 6.05. The van der Waals surface area contributed by atoms with Gasteiger partial charge in [-0.1, -0.05) is 32.5 Å². The van der Waals surface area contributed by atoms with E-state index in [0.29, 0.717) is 6.54 Å². The highest BCUT2D eigenvalue weighted by molar-refractivity contribution is 8.00. The number of hydrogen-bond donors (Lipinski definition) is 2. The molecule has 0 spiro atoms. The van der Waals surface area contributed by atoms with Crippen LogP contribution in [0.1, 0.15) is 40.0 Å². The van der Waals surface area contributed by atoms with E-state index in [9.17, 15) is 9.59 Å². The number of fused-ring (bicyclic) bond motifs is 1. The van der Waals surface area contributed by atoms with Crippen LogP contribution in [0, 0.1) is 5.41 Å². The Balaban J connectivity index is 1.79. The summed E-state index contributed by atoms with van der Waals surface area (Å²) in [7, 11) is 0. The molecule has 0 saturated carbocycles. The number of nitrogens with one attached hydrogen (secondary N) is 2. The fourth-order valence-electron chi connectivity index (χ4n) is 2.20. The number of aromatic nitrogens is 1. The van der Waals surface area contributed by atoms with Gasteiger partial charge in [-0.15, -0.1) is 0 Å². The minimum Gasteiger partial charge on any atom is -0.356 e. The largest absolute Gasteiger partial charge is 0.356 e. The van der Waals surface area contributed by atoms with Crippen molar-refractivity contribution in [2.75, 3.05) is 11.9 Å². The topological polar surface area (TPSA) is 71.1 Å². The third kappa shape index (κ3) is 5.02. The second-order valence-corrected chi connectivity index (χ2v) is 7.86. The first-order valence-electron chi connectivity index (χ1n) is 7.54. The molecule has 1 aromatic heterocycles. The Morgan fingerprint density at radius 3 is 2.95 bits per heavy atom. The van der Waals surface area contributed by atoms with E-state index in [-0.39, 0.29) is 23.7 Å². The second-order valence-electron chi connectivity index (χ2n) is 6.67. The van der Waals surface area contributed by atoms with Gasteiger partial charge < -0.3 is 10.6 Å². The summed E-state index contributed by atoms with van der Waals surface area (Å²) in [4.78, 5) is 28.2. The zero-order valence-corrected chi connectivity index (χ0v) is 14.1. The average molecular weight is 321 g/mol. The molecule has 120 valence electrons. The lowest BCUT2D eigenvalue weighted by Crippen LogP contribution is -2.35. The maximum absolute atomic E-state index is 12.0. The molecule has 22 heavy (non-hydrogen) atoms. The van der Waals surface area contributed by atoms with Gasteiger partial charge in [0.25, 0.3) is 0 Å². The Labute approximate surface area is 135 Å². The van der Waals surface area contributed by atoms with E-state index in [0.717, 1.165) is 23.6 Å². The van der Waals surface area contributed by atoms with Crippen molar-refractivity contribution in [2.24, 2.45) is 5.41 Å². The molecule has 1 aliphatic heterocycles. The van der Waals surface area contributed by atoms with Crippen LogP contribution in [0.25, 0.3) is 0 Å². The van der Waals surface area contributed by atoms with Crippen LogP contribution in [0.4, 0.5) is 5.69 Å². The fraction of sp³-hybridized carbons (Fsp3) is 0.562.